The fourth-order valence-electron chi connectivity index (χ4n) is 6.68. The van der Waals surface area contributed by atoms with Gasteiger partial charge >= 0.3 is 0 Å². The average Bonchev–Trinajstić information content (AvgIpc) is 2.94. The molecule has 4 heteroatoms. The Kier molecular flexibility index (Phi) is 3.92. The van der Waals surface area contributed by atoms with Crippen LogP contribution in [0.25, 0.3) is 0 Å². The lowest BCUT2D eigenvalue weighted by atomic mass is 9.53. The highest BCUT2D eigenvalue weighted by molar-refractivity contribution is 5.83. The second kappa shape index (κ2) is 5.78. The lowest BCUT2D eigenvalue weighted by Crippen LogP contribution is -2.59. The van der Waals surface area contributed by atoms with E-state index < -0.39 is 11.6 Å². The Bertz CT molecular complexity index is 553. The minimum atomic E-state index is -0.545. The van der Waals surface area contributed by atoms with Crippen LogP contribution in [0.15, 0.2) is 0 Å². The number of carbonyl (C=O) groups excluding carboxylic acids is 1. The van der Waals surface area contributed by atoms with E-state index in [0.717, 1.165) is 37.5 Å². The number of carbonyl (C=O) groups is 1. The first-order valence-corrected chi connectivity index (χ1v) is 10.9. The van der Waals surface area contributed by atoms with Crippen LogP contribution in [0.3, 0.4) is 0 Å². The molecule has 6 rings (SSSR count). The van der Waals surface area contributed by atoms with Crippen molar-refractivity contribution in [1.29, 1.82) is 0 Å². The van der Waals surface area contributed by atoms with Crippen LogP contribution in [0.4, 0.5) is 0 Å². The lowest BCUT2D eigenvalue weighted by molar-refractivity contribution is -0.390. The molecule has 5 aliphatic carbocycles. The van der Waals surface area contributed by atoms with Gasteiger partial charge in [0.15, 0.2) is 0 Å². The fourth-order valence-corrected chi connectivity index (χ4v) is 6.68. The molecule has 0 amide bonds. The highest BCUT2D eigenvalue weighted by Crippen LogP contribution is 2.63. The summed E-state index contributed by atoms with van der Waals surface area (Å²) in [6.07, 6.45) is 10.9. The maximum absolute atomic E-state index is 12.4. The molecule has 6 fully saturated rings. The third-order valence-electron chi connectivity index (χ3n) is 8.12. The van der Waals surface area contributed by atoms with E-state index in [0.29, 0.717) is 30.0 Å². The van der Waals surface area contributed by atoms with E-state index in [1.165, 1.54) is 32.1 Å². The Morgan fingerprint density at radius 1 is 0.923 bits per heavy atom. The van der Waals surface area contributed by atoms with Gasteiger partial charge in [-0.3, -0.25) is 4.79 Å². The van der Waals surface area contributed by atoms with Crippen LogP contribution in [0, 0.1) is 35.0 Å². The highest BCUT2D eigenvalue weighted by Gasteiger charge is 2.66. The molecular weight excluding hydrogens is 328 g/mol. The Morgan fingerprint density at radius 3 is 2.04 bits per heavy atom. The van der Waals surface area contributed by atoms with Crippen molar-refractivity contribution < 1.29 is 19.3 Å². The first-order chi connectivity index (χ1) is 12.3. The van der Waals surface area contributed by atoms with Crippen LogP contribution in [0.1, 0.15) is 85.0 Å². The molecule has 146 valence electrons. The molecule has 0 aromatic rings. The van der Waals surface area contributed by atoms with E-state index >= 15 is 0 Å². The van der Waals surface area contributed by atoms with Gasteiger partial charge < -0.3 is 4.74 Å². The molecular formula is C22H34O4. The summed E-state index contributed by atoms with van der Waals surface area (Å²) >= 11 is 0. The minimum absolute atomic E-state index is 0.233. The number of ketones is 1. The molecule has 4 bridgehead atoms. The van der Waals surface area contributed by atoms with E-state index in [-0.39, 0.29) is 5.41 Å². The molecule has 0 aromatic carbocycles. The monoisotopic (exact) mass is 362 g/mol. The van der Waals surface area contributed by atoms with Gasteiger partial charge in [-0.2, -0.15) is 9.78 Å². The molecule has 0 aromatic heterocycles. The summed E-state index contributed by atoms with van der Waals surface area (Å²) in [5.41, 5.74) is -0.233. The zero-order valence-corrected chi connectivity index (χ0v) is 16.6. The molecule has 6 aliphatic rings. The Balaban J connectivity index is 1.24. The molecule has 1 heterocycles. The van der Waals surface area contributed by atoms with E-state index in [1.54, 1.807) is 0 Å². The van der Waals surface area contributed by atoms with Crippen molar-refractivity contribution in [1.82, 2.24) is 0 Å². The van der Waals surface area contributed by atoms with Gasteiger partial charge in [0.05, 0.1) is 0 Å². The lowest BCUT2D eigenvalue weighted by Gasteiger charge is -2.57. The first kappa shape index (κ1) is 17.6. The van der Waals surface area contributed by atoms with Crippen LogP contribution in [-0.2, 0) is 19.3 Å². The topological polar surface area (TPSA) is 44.8 Å². The average molecular weight is 363 g/mol. The standard InChI is InChI=1S/C22H34O4/c1-20(2,3)19(23)13-14-4-6-21(7-5-14)24-22(26-25-21)17-9-15-8-16(11-17)12-18(22)10-15/h14-18H,4-13H2,1-3H3. The second-order valence-electron chi connectivity index (χ2n) is 11.0. The molecule has 26 heavy (non-hydrogen) atoms. The molecule has 0 N–H and O–H groups in total. The Morgan fingerprint density at radius 2 is 1.50 bits per heavy atom. The predicted octanol–water partition coefficient (Wildman–Crippen LogP) is 5.01. The first-order valence-electron chi connectivity index (χ1n) is 10.9. The summed E-state index contributed by atoms with van der Waals surface area (Å²) in [6.45, 7) is 6.06. The molecule has 1 saturated heterocycles. The Labute approximate surface area is 157 Å². The van der Waals surface area contributed by atoms with Gasteiger partial charge in [-0.15, -0.1) is 0 Å². The summed E-state index contributed by atoms with van der Waals surface area (Å²) in [6, 6.07) is 0. The predicted molar refractivity (Wildman–Crippen MR) is 96.8 cm³/mol. The van der Waals surface area contributed by atoms with Gasteiger partial charge in [-0.05, 0) is 62.7 Å². The number of ether oxygens (including phenoxy) is 1. The second-order valence-corrected chi connectivity index (χ2v) is 11.0. The van der Waals surface area contributed by atoms with Crippen molar-refractivity contribution in [3.8, 4) is 0 Å². The minimum Gasteiger partial charge on any atom is -0.312 e. The van der Waals surface area contributed by atoms with Crippen LogP contribution >= 0.6 is 0 Å². The molecule has 2 spiro atoms. The number of hydrogen-bond acceptors (Lipinski definition) is 4. The van der Waals surface area contributed by atoms with Gasteiger partial charge in [0, 0.05) is 36.5 Å². The zero-order valence-electron chi connectivity index (χ0n) is 16.6. The smallest absolute Gasteiger partial charge is 0.210 e. The largest absolute Gasteiger partial charge is 0.312 e. The highest BCUT2D eigenvalue weighted by atomic mass is 17.3. The van der Waals surface area contributed by atoms with Crippen LogP contribution in [-0.4, -0.2) is 17.4 Å². The number of Topliss-reactive ketones (excluding diaryl/α,β-unsaturated/α-hetero) is 1. The van der Waals surface area contributed by atoms with Gasteiger partial charge in [-0.1, -0.05) is 20.8 Å². The van der Waals surface area contributed by atoms with Crippen LogP contribution in [0.5, 0.6) is 0 Å². The maximum atomic E-state index is 12.4. The van der Waals surface area contributed by atoms with Gasteiger partial charge in [0.2, 0.25) is 11.6 Å². The zero-order chi connectivity index (χ0) is 18.2. The maximum Gasteiger partial charge on any atom is 0.210 e. The van der Waals surface area contributed by atoms with Crippen LogP contribution in [0.2, 0.25) is 0 Å². The van der Waals surface area contributed by atoms with Crippen molar-refractivity contribution in [2.45, 2.75) is 96.6 Å². The van der Waals surface area contributed by atoms with Gasteiger partial charge in [0.25, 0.3) is 0 Å². The van der Waals surface area contributed by atoms with E-state index in [4.69, 9.17) is 14.5 Å². The quantitative estimate of drug-likeness (QED) is 0.648. The summed E-state index contributed by atoms with van der Waals surface area (Å²) < 4.78 is 6.75. The van der Waals surface area contributed by atoms with Crippen LogP contribution < -0.4 is 0 Å². The van der Waals surface area contributed by atoms with E-state index in [9.17, 15) is 4.79 Å². The van der Waals surface area contributed by atoms with Gasteiger partial charge in [-0.25, -0.2) is 0 Å². The summed E-state index contributed by atoms with van der Waals surface area (Å²) in [4.78, 5) is 24.4. The van der Waals surface area contributed by atoms with Crippen molar-refractivity contribution in [3.63, 3.8) is 0 Å². The molecule has 1 aliphatic heterocycles. The molecule has 0 radical (unpaired) electrons. The van der Waals surface area contributed by atoms with Crippen molar-refractivity contribution in [2.75, 3.05) is 0 Å². The van der Waals surface area contributed by atoms with Crippen molar-refractivity contribution in [2.24, 2.45) is 35.0 Å². The molecule has 4 nitrogen and oxygen atoms in total. The summed E-state index contributed by atoms with van der Waals surface area (Å²) in [5, 5.41) is 0. The Hall–Kier alpha value is -0.450. The fraction of sp³-hybridized carbons (Fsp3) is 0.955. The van der Waals surface area contributed by atoms with Crippen molar-refractivity contribution >= 4 is 5.78 Å². The summed E-state index contributed by atoms with van der Waals surface area (Å²) in [7, 11) is 0. The number of rotatable bonds is 2. The van der Waals surface area contributed by atoms with Gasteiger partial charge in [0.1, 0.15) is 5.78 Å². The number of hydrogen-bond donors (Lipinski definition) is 0. The van der Waals surface area contributed by atoms with Crippen molar-refractivity contribution in [3.05, 3.63) is 0 Å². The third kappa shape index (κ3) is 2.70. The van der Waals surface area contributed by atoms with E-state index in [2.05, 4.69) is 0 Å². The summed E-state index contributed by atoms with van der Waals surface area (Å²) in [5.74, 6) is 2.68. The molecule has 5 saturated carbocycles. The SMILES string of the molecule is CC(C)(C)C(=O)CC1CCC2(CC1)OOC1(O2)C2CC3CC(C2)CC1C3. The van der Waals surface area contributed by atoms with E-state index in [1.807, 2.05) is 20.8 Å². The third-order valence-corrected chi connectivity index (χ3v) is 8.12. The molecule has 0 unspecified atom stereocenters. The molecule has 0 atom stereocenters. The normalized spacial score (nSPS) is 50.0.